The summed E-state index contributed by atoms with van der Waals surface area (Å²) in [5.41, 5.74) is 0. The van der Waals surface area contributed by atoms with Crippen LogP contribution < -0.4 is 5.32 Å². The molecule has 1 rings (SSSR count). The zero-order chi connectivity index (χ0) is 8.81. The molecule has 0 heterocycles. The molecule has 0 aliphatic heterocycles. The third-order valence-corrected chi connectivity index (χ3v) is 2.84. The standard InChI is InChI=1S/C9H17ClFN/c10-8-2-4-9(5-3-8)12-7-1-6-11/h8-9,12H,1-7H2. The summed E-state index contributed by atoms with van der Waals surface area (Å²) in [4.78, 5) is 0. The zero-order valence-corrected chi connectivity index (χ0v) is 8.12. The third kappa shape index (κ3) is 3.72. The molecule has 72 valence electrons. The van der Waals surface area contributed by atoms with Crippen LogP contribution in [-0.2, 0) is 0 Å². The Labute approximate surface area is 78.7 Å². The van der Waals surface area contributed by atoms with E-state index in [1.807, 2.05) is 0 Å². The van der Waals surface area contributed by atoms with Crippen molar-refractivity contribution in [2.45, 2.75) is 43.5 Å². The second kappa shape index (κ2) is 5.76. The van der Waals surface area contributed by atoms with Gasteiger partial charge in [-0.2, -0.15) is 0 Å². The van der Waals surface area contributed by atoms with Gasteiger partial charge in [-0.15, -0.1) is 11.6 Å². The quantitative estimate of drug-likeness (QED) is 0.535. The molecule has 1 saturated carbocycles. The molecule has 1 fully saturated rings. The molecule has 0 aromatic carbocycles. The normalized spacial score (nSPS) is 30.5. The minimum atomic E-state index is -0.210. The molecule has 0 atom stereocenters. The Morgan fingerprint density at radius 2 is 1.92 bits per heavy atom. The molecule has 12 heavy (non-hydrogen) atoms. The molecule has 0 amide bonds. The van der Waals surface area contributed by atoms with Crippen molar-refractivity contribution in [1.29, 1.82) is 0 Å². The van der Waals surface area contributed by atoms with Gasteiger partial charge in [0.1, 0.15) is 0 Å². The minimum absolute atomic E-state index is 0.210. The molecular weight excluding hydrogens is 177 g/mol. The van der Waals surface area contributed by atoms with Crippen molar-refractivity contribution in [3.63, 3.8) is 0 Å². The smallest absolute Gasteiger partial charge is 0.0906 e. The van der Waals surface area contributed by atoms with Gasteiger partial charge in [0.15, 0.2) is 0 Å². The number of hydrogen-bond acceptors (Lipinski definition) is 1. The first-order valence-corrected chi connectivity index (χ1v) is 5.20. The Hall–Kier alpha value is 0.180. The van der Waals surface area contributed by atoms with E-state index in [0.717, 1.165) is 32.2 Å². The SMILES string of the molecule is FCCCNC1CCC(Cl)CC1. The van der Waals surface area contributed by atoms with E-state index in [0.29, 0.717) is 17.8 Å². The van der Waals surface area contributed by atoms with E-state index in [1.54, 1.807) is 0 Å². The van der Waals surface area contributed by atoms with Crippen LogP contribution in [0, 0.1) is 0 Å². The summed E-state index contributed by atoms with van der Waals surface area (Å²) in [5.74, 6) is 0. The highest BCUT2D eigenvalue weighted by atomic mass is 35.5. The molecule has 0 radical (unpaired) electrons. The number of halogens is 2. The lowest BCUT2D eigenvalue weighted by molar-refractivity contribution is 0.364. The monoisotopic (exact) mass is 193 g/mol. The zero-order valence-electron chi connectivity index (χ0n) is 7.36. The first-order valence-electron chi connectivity index (χ1n) is 4.76. The van der Waals surface area contributed by atoms with E-state index in [4.69, 9.17) is 11.6 Å². The van der Waals surface area contributed by atoms with E-state index in [2.05, 4.69) is 5.32 Å². The average Bonchev–Trinajstić information content (AvgIpc) is 2.09. The topological polar surface area (TPSA) is 12.0 Å². The Balaban J connectivity index is 2.01. The van der Waals surface area contributed by atoms with Crippen LogP contribution in [0.4, 0.5) is 4.39 Å². The van der Waals surface area contributed by atoms with E-state index in [1.165, 1.54) is 0 Å². The summed E-state index contributed by atoms with van der Waals surface area (Å²) in [6, 6.07) is 0.589. The van der Waals surface area contributed by atoms with Gasteiger partial charge in [0.25, 0.3) is 0 Å². The first-order chi connectivity index (χ1) is 5.83. The van der Waals surface area contributed by atoms with Crippen molar-refractivity contribution in [3.8, 4) is 0 Å². The van der Waals surface area contributed by atoms with E-state index in [9.17, 15) is 4.39 Å². The second-order valence-electron chi connectivity index (χ2n) is 3.45. The van der Waals surface area contributed by atoms with Crippen molar-refractivity contribution in [2.24, 2.45) is 0 Å². The van der Waals surface area contributed by atoms with Crippen molar-refractivity contribution >= 4 is 11.6 Å². The van der Waals surface area contributed by atoms with Crippen molar-refractivity contribution in [1.82, 2.24) is 5.32 Å². The Kier molecular flexibility index (Phi) is 4.93. The predicted molar refractivity (Wildman–Crippen MR) is 50.5 cm³/mol. The minimum Gasteiger partial charge on any atom is -0.314 e. The molecule has 3 heteroatoms. The highest BCUT2D eigenvalue weighted by Crippen LogP contribution is 2.22. The van der Waals surface area contributed by atoms with Crippen LogP contribution in [0.25, 0.3) is 0 Å². The maximum absolute atomic E-state index is 11.7. The van der Waals surface area contributed by atoms with Gasteiger partial charge in [-0.1, -0.05) is 0 Å². The lowest BCUT2D eigenvalue weighted by Gasteiger charge is -2.25. The molecule has 0 aromatic heterocycles. The number of nitrogens with one attached hydrogen (secondary N) is 1. The number of rotatable bonds is 4. The molecule has 0 aromatic rings. The van der Waals surface area contributed by atoms with Gasteiger partial charge in [0.05, 0.1) is 6.67 Å². The Morgan fingerprint density at radius 1 is 1.25 bits per heavy atom. The molecule has 1 aliphatic rings. The number of hydrogen-bond donors (Lipinski definition) is 1. The summed E-state index contributed by atoms with van der Waals surface area (Å²) in [6.07, 6.45) is 5.16. The summed E-state index contributed by atoms with van der Waals surface area (Å²) in [7, 11) is 0. The van der Waals surface area contributed by atoms with Crippen LogP contribution in [-0.4, -0.2) is 24.6 Å². The van der Waals surface area contributed by atoms with Crippen LogP contribution in [0.1, 0.15) is 32.1 Å². The van der Waals surface area contributed by atoms with Crippen molar-refractivity contribution in [2.75, 3.05) is 13.2 Å². The highest BCUT2D eigenvalue weighted by Gasteiger charge is 2.18. The van der Waals surface area contributed by atoms with Gasteiger partial charge in [-0.05, 0) is 38.6 Å². The van der Waals surface area contributed by atoms with Crippen molar-refractivity contribution in [3.05, 3.63) is 0 Å². The summed E-state index contributed by atoms with van der Waals surface area (Å²) in [6.45, 7) is 0.603. The second-order valence-corrected chi connectivity index (χ2v) is 4.06. The molecule has 0 saturated heterocycles. The Morgan fingerprint density at radius 3 is 2.50 bits per heavy atom. The van der Waals surface area contributed by atoms with Crippen LogP contribution >= 0.6 is 11.6 Å². The van der Waals surface area contributed by atoms with Gasteiger partial charge in [0, 0.05) is 11.4 Å². The fraction of sp³-hybridized carbons (Fsp3) is 1.00. The van der Waals surface area contributed by atoms with Gasteiger partial charge in [0.2, 0.25) is 0 Å². The summed E-state index contributed by atoms with van der Waals surface area (Å²) < 4.78 is 11.7. The summed E-state index contributed by atoms with van der Waals surface area (Å²) in [5, 5.41) is 3.72. The van der Waals surface area contributed by atoms with Gasteiger partial charge < -0.3 is 5.32 Å². The molecule has 1 N–H and O–H groups in total. The first kappa shape index (κ1) is 10.3. The lowest BCUT2D eigenvalue weighted by Crippen LogP contribution is -2.34. The van der Waals surface area contributed by atoms with E-state index in [-0.39, 0.29) is 6.67 Å². The van der Waals surface area contributed by atoms with Crippen LogP contribution in [0.15, 0.2) is 0 Å². The molecule has 1 nitrogen and oxygen atoms in total. The van der Waals surface area contributed by atoms with Crippen LogP contribution in [0.2, 0.25) is 0 Å². The van der Waals surface area contributed by atoms with E-state index < -0.39 is 0 Å². The molecule has 1 aliphatic carbocycles. The highest BCUT2D eigenvalue weighted by molar-refractivity contribution is 6.20. The fourth-order valence-corrected chi connectivity index (χ4v) is 1.88. The fourth-order valence-electron chi connectivity index (χ4n) is 1.63. The average molecular weight is 194 g/mol. The van der Waals surface area contributed by atoms with Crippen LogP contribution in [0.5, 0.6) is 0 Å². The predicted octanol–water partition coefficient (Wildman–Crippen LogP) is 2.49. The van der Waals surface area contributed by atoms with E-state index >= 15 is 0 Å². The number of alkyl halides is 2. The van der Waals surface area contributed by atoms with Gasteiger partial charge in [-0.3, -0.25) is 4.39 Å². The summed E-state index contributed by atoms with van der Waals surface area (Å²) >= 11 is 5.96. The molecule has 0 unspecified atom stereocenters. The molecular formula is C9H17ClFN. The molecule has 0 bridgehead atoms. The van der Waals surface area contributed by atoms with Crippen LogP contribution in [0.3, 0.4) is 0 Å². The maximum atomic E-state index is 11.7. The van der Waals surface area contributed by atoms with Crippen molar-refractivity contribution < 1.29 is 4.39 Å². The lowest BCUT2D eigenvalue weighted by atomic mass is 9.95. The van der Waals surface area contributed by atoms with Gasteiger partial charge >= 0.3 is 0 Å². The van der Waals surface area contributed by atoms with Gasteiger partial charge in [-0.25, -0.2) is 0 Å². The Bertz CT molecular complexity index is 113. The third-order valence-electron chi connectivity index (χ3n) is 2.40. The molecule has 0 spiro atoms. The largest absolute Gasteiger partial charge is 0.314 e. The maximum Gasteiger partial charge on any atom is 0.0906 e.